The maximum absolute atomic E-state index is 11.1. The van der Waals surface area contributed by atoms with Crippen LogP contribution < -0.4 is 14.2 Å². The number of carboxylic acids is 1. The fraction of sp³-hybridized carbons (Fsp3) is 0.323. The van der Waals surface area contributed by atoms with Crippen molar-refractivity contribution in [1.29, 1.82) is 0 Å². The molecule has 1 saturated heterocycles. The van der Waals surface area contributed by atoms with E-state index < -0.39 is 11.6 Å². The Labute approximate surface area is 224 Å². The smallest absolute Gasteiger partial charge is 0.328 e. The largest absolute Gasteiger partial charge is 0.497 e. The molecule has 0 unspecified atom stereocenters. The zero-order valence-electron chi connectivity index (χ0n) is 22.1. The van der Waals surface area contributed by atoms with Crippen molar-refractivity contribution < 1.29 is 28.8 Å². The molecular weight excluding hydrogens is 482 g/mol. The first kappa shape index (κ1) is 27.2. The normalized spacial score (nSPS) is 16.0. The Hall–Kier alpha value is -3.81. The van der Waals surface area contributed by atoms with Crippen LogP contribution in [0.2, 0.25) is 0 Å². The van der Waals surface area contributed by atoms with Crippen molar-refractivity contribution in [3.63, 3.8) is 0 Å². The molecule has 200 valence electrons. The summed E-state index contributed by atoms with van der Waals surface area (Å²) in [6.07, 6.45) is 4.97. The molecule has 1 heterocycles. The van der Waals surface area contributed by atoms with Crippen LogP contribution in [0.1, 0.15) is 29.5 Å². The summed E-state index contributed by atoms with van der Waals surface area (Å²) in [5, 5.41) is 9.08. The number of nitrogens with zero attached hydrogens (tertiary/aromatic N) is 1. The van der Waals surface area contributed by atoms with Crippen molar-refractivity contribution in [2.75, 3.05) is 41.0 Å². The zero-order chi connectivity index (χ0) is 27.0. The highest BCUT2D eigenvalue weighted by molar-refractivity contribution is 5.79. The van der Waals surface area contributed by atoms with E-state index in [0.717, 1.165) is 53.3 Å². The first-order valence-corrected chi connectivity index (χ1v) is 12.7. The molecule has 1 N–H and O–H groups in total. The lowest BCUT2D eigenvalue weighted by atomic mass is 9.80. The number of rotatable bonds is 12. The summed E-state index contributed by atoms with van der Waals surface area (Å²) >= 11 is 0. The molecule has 0 spiro atoms. The first-order chi connectivity index (χ1) is 18.5. The Morgan fingerprint density at radius 3 is 1.68 bits per heavy atom. The monoisotopic (exact) mass is 517 g/mol. The van der Waals surface area contributed by atoms with Crippen molar-refractivity contribution in [3.05, 3.63) is 102 Å². The highest BCUT2D eigenvalue weighted by atomic mass is 16.5. The number of benzene rings is 3. The number of hydrogen-bond acceptors (Lipinski definition) is 6. The molecule has 0 aliphatic carbocycles. The van der Waals surface area contributed by atoms with Gasteiger partial charge in [-0.3, -0.25) is 4.90 Å². The molecule has 38 heavy (non-hydrogen) atoms. The van der Waals surface area contributed by atoms with Gasteiger partial charge in [-0.2, -0.15) is 0 Å². The minimum absolute atomic E-state index is 0.0899. The lowest BCUT2D eigenvalue weighted by molar-refractivity contribution is -0.131. The topological polar surface area (TPSA) is 77.5 Å². The van der Waals surface area contributed by atoms with Gasteiger partial charge in [-0.1, -0.05) is 42.5 Å². The zero-order valence-corrected chi connectivity index (χ0v) is 22.1. The summed E-state index contributed by atoms with van der Waals surface area (Å²) in [5.74, 6) is 1.36. The standard InChI is InChI=1S/C31H35NO6/c1-35-27-13-6-23(7-14-27)31(24-8-15-28(36-2)16-9-24,25-10-17-29(37-3)18-11-25)38-22-21-32-20-4-5-26(32)12-19-30(33)34/h6-19,26H,4-5,20-22H2,1-3H3,(H,33,34)/b19-12+/t26-/m0/s1. The van der Waals surface area contributed by atoms with Gasteiger partial charge < -0.3 is 24.1 Å². The average Bonchev–Trinajstić information content (AvgIpc) is 3.42. The van der Waals surface area contributed by atoms with Crippen molar-refractivity contribution >= 4 is 5.97 Å². The fourth-order valence-corrected chi connectivity index (χ4v) is 5.08. The second-order valence-electron chi connectivity index (χ2n) is 9.16. The van der Waals surface area contributed by atoms with E-state index in [1.54, 1.807) is 27.4 Å². The number of carbonyl (C=O) groups is 1. The third-order valence-corrected chi connectivity index (χ3v) is 7.06. The summed E-state index contributed by atoms with van der Waals surface area (Å²) in [5.41, 5.74) is 1.95. The van der Waals surface area contributed by atoms with Crippen LogP contribution in [0, 0.1) is 0 Å². The van der Waals surface area contributed by atoms with Gasteiger partial charge in [0.15, 0.2) is 0 Å². The van der Waals surface area contributed by atoms with E-state index in [4.69, 9.17) is 24.1 Å². The Balaban J connectivity index is 1.74. The van der Waals surface area contributed by atoms with Gasteiger partial charge in [0, 0.05) is 18.7 Å². The Morgan fingerprint density at radius 1 is 0.842 bits per heavy atom. The van der Waals surface area contributed by atoms with E-state index in [0.29, 0.717) is 13.2 Å². The molecule has 7 heteroatoms. The average molecular weight is 518 g/mol. The van der Waals surface area contributed by atoms with Gasteiger partial charge in [0.05, 0.1) is 27.9 Å². The number of hydrogen-bond donors (Lipinski definition) is 1. The Morgan fingerprint density at radius 2 is 1.29 bits per heavy atom. The number of ether oxygens (including phenoxy) is 4. The molecule has 7 nitrogen and oxygen atoms in total. The second-order valence-corrected chi connectivity index (χ2v) is 9.16. The van der Waals surface area contributed by atoms with E-state index in [9.17, 15) is 4.79 Å². The second kappa shape index (κ2) is 12.6. The summed E-state index contributed by atoms with van der Waals surface area (Å²) in [7, 11) is 4.95. The van der Waals surface area contributed by atoms with Gasteiger partial charge in [-0.05, 0) is 72.5 Å². The Kier molecular flexibility index (Phi) is 9.05. The minimum atomic E-state index is -0.925. The minimum Gasteiger partial charge on any atom is -0.497 e. The van der Waals surface area contributed by atoms with Gasteiger partial charge in [0.25, 0.3) is 0 Å². The third kappa shape index (κ3) is 6.01. The first-order valence-electron chi connectivity index (χ1n) is 12.7. The van der Waals surface area contributed by atoms with E-state index in [-0.39, 0.29) is 6.04 Å². The van der Waals surface area contributed by atoms with Crippen LogP contribution in [0.15, 0.2) is 84.9 Å². The fourth-order valence-electron chi connectivity index (χ4n) is 5.08. The van der Waals surface area contributed by atoms with Gasteiger partial charge in [0.1, 0.15) is 22.8 Å². The molecule has 1 aliphatic rings. The summed E-state index contributed by atoms with van der Waals surface area (Å²) < 4.78 is 23.2. The van der Waals surface area contributed by atoms with Crippen LogP contribution >= 0.6 is 0 Å². The maximum Gasteiger partial charge on any atom is 0.328 e. The number of likely N-dealkylation sites (tertiary alicyclic amines) is 1. The van der Waals surface area contributed by atoms with E-state index in [2.05, 4.69) is 4.90 Å². The number of carboxylic acid groups (broad SMARTS) is 1. The van der Waals surface area contributed by atoms with Crippen molar-refractivity contribution in [3.8, 4) is 17.2 Å². The molecule has 1 atom stereocenters. The van der Waals surface area contributed by atoms with Gasteiger partial charge in [-0.25, -0.2) is 4.79 Å². The van der Waals surface area contributed by atoms with E-state index in [1.165, 1.54) is 6.08 Å². The molecule has 3 aromatic rings. The van der Waals surface area contributed by atoms with Crippen LogP contribution in [-0.4, -0.2) is 63.0 Å². The van der Waals surface area contributed by atoms with Crippen LogP contribution in [0.3, 0.4) is 0 Å². The molecule has 0 amide bonds. The SMILES string of the molecule is COc1ccc(C(OCCN2CCC[C@H]2/C=C/C(=O)O)(c2ccc(OC)cc2)c2ccc(OC)cc2)cc1. The molecule has 1 fully saturated rings. The predicted molar refractivity (Wildman–Crippen MR) is 146 cm³/mol. The van der Waals surface area contributed by atoms with Gasteiger partial charge in [0.2, 0.25) is 0 Å². The van der Waals surface area contributed by atoms with Crippen LogP contribution in [0.25, 0.3) is 0 Å². The molecule has 0 radical (unpaired) electrons. The summed E-state index contributed by atoms with van der Waals surface area (Å²) in [6, 6.07) is 23.9. The molecule has 4 rings (SSSR count). The number of aliphatic carboxylic acids is 1. The quantitative estimate of drug-likeness (QED) is 0.264. The van der Waals surface area contributed by atoms with Gasteiger partial charge in [-0.15, -0.1) is 0 Å². The van der Waals surface area contributed by atoms with E-state index >= 15 is 0 Å². The van der Waals surface area contributed by atoms with Crippen molar-refractivity contribution in [2.24, 2.45) is 0 Å². The highest BCUT2D eigenvalue weighted by Gasteiger charge is 2.38. The molecule has 0 aromatic heterocycles. The van der Waals surface area contributed by atoms with Crippen LogP contribution in [-0.2, 0) is 15.1 Å². The molecule has 3 aromatic carbocycles. The van der Waals surface area contributed by atoms with Crippen LogP contribution in [0.4, 0.5) is 0 Å². The lowest BCUT2D eigenvalue weighted by Gasteiger charge is -2.37. The predicted octanol–water partition coefficient (Wildman–Crippen LogP) is 5.13. The summed E-state index contributed by atoms with van der Waals surface area (Å²) in [4.78, 5) is 13.3. The molecule has 0 saturated carbocycles. The van der Waals surface area contributed by atoms with E-state index in [1.807, 2.05) is 72.8 Å². The van der Waals surface area contributed by atoms with Crippen LogP contribution in [0.5, 0.6) is 17.2 Å². The molecule has 0 bridgehead atoms. The highest BCUT2D eigenvalue weighted by Crippen LogP contribution is 2.42. The molecule has 1 aliphatic heterocycles. The third-order valence-electron chi connectivity index (χ3n) is 7.06. The van der Waals surface area contributed by atoms with Crippen molar-refractivity contribution in [1.82, 2.24) is 4.90 Å². The number of methoxy groups -OCH3 is 3. The van der Waals surface area contributed by atoms with Gasteiger partial charge >= 0.3 is 5.97 Å². The summed E-state index contributed by atoms with van der Waals surface area (Å²) in [6.45, 7) is 2.00. The lowest BCUT2D eigenvalue weighted by Crippen LogP contribution is -2.37. The molecular formula is C31H35NO6. The van der Waals surface area contributed by atoms with Crippen molar-refractivity contribution in [2.45, 2.75) is 24.5 Å². The maximum atomic E-state index is 11.1. The Bertz CT molecular complexity index is 1090.